The van der Waals surface area contributed by atoms with Crippen molar-refractivity contribution in [2.24, 2.45) is 0 Å². The largest absolute Gasteiger partial charge is 0.353 e. The zero-order valence-electron chi connectivity index (χ0n) is 8.60. The number of fused-ring (bicyclic) bond motifs is 1. The zero-order valence-corrected chi connectivity index (χ0v) is 8.60. The predicted octanol–water partition coefficient (Wildman–Crippen LogP) is -0.106. The minimum atomic E-state index is 0.0357. The topological polar surface area (TPSA) is 73.9 Å². The number of H-pyrrole nitrogens is 1. The normalized spacial score (nSPS) is 16.5. The van der Waals surface area contributed by atoms with Crippen LogP contribution in [0.15, 0.2) is 18.6 Å². The van der Waals surface area contributed by atoms with Crippen LogP contribution in [0.4, 0.5) is 5.82 Å². The molecule has 3 heterocycles. The molecule has 0 saturated carbocycles. The van der Waals surface area contributed by atoms with Crippen molar-refractivity contribution in [2.75, 3.05) is 24.5 Å². The molecule has 2 aromatic heterocycles. The van der Waals surface area contributed by atoms with Crippen LogP contribution in [0.1, 0.15) is 0 Å². The van der Waals surface area contributed by atoms with E-state index < -0.39 is 0 Å². The Kier molecular flexibility index (Phi) is 1.99. The first kappa shape index (κ1) is 9.14. The van der Waals surface area contributed by atoms with Gasteiger partial charge >= 0.3 is 0 Å². The maximum absolute atomic E-state index is 11.3. The number of aromatic amines is 1. The number of anilines is 1. The maximum atomic E-state index is 11.3. The van der Waals surface area contributed by atoms with Gasteiger partial charge in [-0.15, -0.1) is 0 Å². The average molecular weight is 217 g/mol. The second kappa shape index (κ2) is 3.48. The van der Waals surface area contributed by atoms with Crippen LogP contribution in [0.3, 0.4) is 0 Å². The van der Waals surface area contributed by atoms with Gasteiger partial charge in [0.25, 0.3) is 0 Å². The Morgan fingerprint density at radius 2 is 2.31 bits per heavy atom. The number of hydrogen-bond donors (Lipinski definition) is 2. The molecule has 16 heavy (non-hydrogen) atoms. The van der Waals surface area contributed by atoms with Gasteiger partial charge in [0.15, 0.2) is 0 Å². The van der Waals surface area contributed by atoms with E-state index in [-0.39, 0.29) is 5.91 Å². The first-order valence-electron chi connectivity index (χ1n) is 5.14. The minimum absolute atomic E-state index is 0.0357. The van der Waals surface area contributed by atoms with Crippen molar-refractivity contribution >= 4 is 22.8 Å². The summed E-state index contributed by atoms with van der Waals surface area (Å²) in [5.41, 5.74) is 0.802. The summed E-state index contributed by atoms with van der Waals surface area (Å²) >= 11 is 0. The Labute approximate surface area is 91.7 Å². The number of piperazine rings is 1. The van der Waals surface area contributed by atoms with Gasteiger partial charge in [-0.25, -0.2) is 9.97 Å². The van der Waals surface area contributed by atoms with E-state index in [2.05, 4.69) is 20.3 Å². The van der Waals surface area contributed by atoms with E-state index in [9.17, 15) is 4.79 Å². The highest BCUT2D eigenvalue weighted by atomic mass is 16.2. The second-order valence-electron chi connectivity index (χ2n) is 3.71. The number of nitrogens with one attached hydrogen (secondary N) is 2. The van der Waals surface area contributed by atoms with Crippen LogP contribution in [-0.4, -0.2) is 40.5 Å². The van der Waals surface area contributed by atoms with Crippen LogP contribution >= 0.6 is 0 Å². The monoisotopic (exact) mass is 217 g/mol. The van der Waals surface area contributed by atoms with Crippen LogP contribution < -0.4 is 10.2 Å². The molecule has 1 aliphatic heterocycles. The summed E-state index contributed by atoms with van der Waals surface area (Å²) in [5, 5.41) is 3.75. The molecule has 6 heteroatoms. The molecule has 0 atom stereocenters. The van der Waals surface area contributed by atoms with Crippen LogP contribution in [0.5, 0.6) is 0 Å². The zero-order chi connectivity index (χ0) is 11.0. The fourth-order valence-corrected chi connectivity index (χ4v) is 1.93. The van der Waals surface area contributed by atoms with Gasteiger partial charge in [-0.1, -0.05) is 0 Å². The molecule has 0 radical (unpaired) electrons. The van der Waals surface area contributed by atoms with Gasteiger partial charge < -0.3 is 15.2 Å². The van der Waals surface area contributed by atoms with Gasteiger partial charge in [0.05, 0.1) is 11.9 Å². The smallest absolute Gasteiger partial charge is 0.239 e. The number of rotatable bonds is 1. The lowest BCUT2D eigenvalue weighted by molar-refractivity contribution is -0.120. The number of amides is 1. The molecule has 3 rings (SSSR count). The predicted molar refractivity (Wildman–Crippen MR) is 59.1 cm³/mol. The first-order chi connectivity index (χ1) is 7.84. The van der Waals surface area contributed by atoms with Crippen molar-refractivity contribution in [3.05, 3.63) is 18.6 Å². The standard InChI is InChI=1S/C10H11N5O/c16-8-5-15(4-3-11-8)10-7-1-2-12-9(7)13-6-14-10/h1-2,6H,3-5H2,(H,11,16)(H,12,13,14). The summed E-state index contributed by atoms with van der Waals surface area (Å²) in [6.07, 6.45) is 3.34. The number of hydrogen-bond acceptors (Lipinski definition) is 4. The molecule has 0 spiro atoms. The molecule has 2 aromatic rings. The molecule has 1 saturated heterocycles. The quantitative estimate of drug-likeness (QED) is 0.699. The number of carbonyl (C=O) groups is 1. The third-order valence-electron chi connectivity index (χ3n) is 2.67. The summed E-state index contributed by atoms with van der Waals surface area (Å²) in [4.78, 5) is 24.7. The van der Waals surface area contributed by atoms with E-state index in [4.69, 9.17) is 0 Å². The molecular formula is C10H11N5O. The van der Waals surface area contributed by atoms with Gasteiger partial charge in [0.1, 0.15) is 17.8 Å². The molecule has 2 N–H and O–H groups in total. The summed E-state index contributed by atoms with van der Waals surface area (Å²) < 4.78 is 0. The highest BCUT2D eigenvalue weighted by Crippen LogP contribution is 2.21. The molecule has 82 valence electrons. The van der Waals surface area contributed by atoms with E-state index in [1.165, 1.54) is 6.33 Å². The van der Waals surface area contributed by atoms with E-state index in [1.807, 2.05) is 17.2 Å². The SMILES string of the molecule is O=C1CN(c2ncnc3[nH]ccc23)CCN1. The van der Waals surface area contributed by atoms with Crippen LogP contribution in [0.25, 0.3) is 11.0 Å². The summed E-state index contributed by atoms with van der Waals surface area (Å²) in [6.45, 7) is 1.80. The molecule has 0 bridgehead atoms. The highest BCUT2D eigenvalue weighted by molar-refractivity contribution is 5.90. The molecule has 1 amide bonds. The Hall–Kier alpha value is -2.11. The molecule has 1 aliphatic rings. The maximum Gasteiger partial charge on any atom is 0.239 e. The van der Waals surface area contributed by atoms with Crippen LogP contribution in [0, 0.1) is 0 Å². The third-order valence-corrected chi connectivity index (χ3v) is 2.67. The Bertz CT molecular complexity index is 535. The first-order valence-corrected chi connectivity index (χ1v) is 5.14. The van der Waals surface area contributed by atoms with Crippen molar-refractivity contribution in [1.82, 2.24) is 20.3 Å². The minimum Gasteiger partial charge on any atom is -0.353 e. The third kappa shape index (κ3) is 1.39. The number of aromatic nitrogens is 3. The van der Waals surface area contributed by atoms with E-state index in [1.54, 1.807) is 0 Å². The molecule has 0 aliphatic carbocycles. The molecule has 0 unspecified atom stereocenters. The lowest BCUT2D eigenvalue weighted by atomic mass is 10.3. The highest BCUT2D eigenvalue weighted by Gasteiger charge is 2.19. The van der Waals surface area contributed by atoms with E-state index >= 15 is 0 Å². The summed E-state index contributed by atoms with van der Waals surface area (Å²) in [6, 6.07) is 1.93. The molecule has 0 aromatic carbocycles. The lowest BCUT2D eigenvalue weighted by Crippen LogP contribution is -2.48. The summed E-state index contributed by atoms with van der Waals surface area (Å²) in [5.74, 6) is 0.856. The van der Waals surface area contributed by atoms with E-state index in [0.717, 1.165) is 23.4 Å². The van der Waals surface area contributed by atoms with Crippen molar-refractivity contribution < 1.29 is 4.79 Å². The van der Waals surface area contributed by atoms with Gasteiger partial charge in [0.2, 0.25) is 5.91 Å². The lowest BCUT2D eigenvalue weighted by Gasteiger charge is -2.27. The molecular weight excluding hydrogens is 206 g/mol. The number of nitrogens with zero attached hydrogens (tertiary/aromatic N) is 3. The van der Waals surface area contributed by atoms with Crippen LogP contribution in [0.2, 0.25) is 0 Å². The Morgan fingerprint density at radius 3 is 3.19 bits per heavy atom. The Balaban J connectivity index is 2.04. The van der Waals surface area contributed by atoms with Crippen molar-refractivity contribution in [2.45, 2.75) is 0 Å². The van der Waals surface area contributed by atoms with Crippen molar-refractivity contribution in [1.29, 1.82) is 0 Å². The average Bonchev–Trinajstić information content (AvgIpc) is 2.76. The van der Waals surface area contributed by atoms with Crippen molar-refractivity contribution in [3.8, 4) is 0 Å². The Morgan fingerprint density at radius 1 is 1.38 bits per heavy atom. The molecule has 6 nitrogen and oxygen atoms in total. The fourth-order valence-electron chi connectivity index (χ4n) is 1.93. The fraction of sp³-hybridized carbons (Fsp3) is 0.300. The van der Waals surface area contributed by atoms with Gasteiger partial charge in [-0.2, -0.15) is 0 Å². The van der Waals surface area contributed by atoms with Gasteiger partial charge in [-0.3, -0.25) is 4.79 Å². The summed E-state index contributed by atoms with van der Waals surface area (Å²) in [7, 11) is 0. The second-order valence-corrected chi connectivity index (χ2v) is 3.71. The van der Waals surface area contributed by atoms with Gasteiger partial charge in [-0.05, 0) is 6.07 Å². The molecule has 1 fully saturated rings. The van der Waals surface area contributed by atoms with E-state index in [0.29, 0.717) is 13.1 Å². The number of carbonyl (C=O) groups excluding carboxylic acids is 1. The van der Waals surface area contributed by atoms with Crippen molar-refractivity contribution in [3.63, 3.8) is 0 Å². The van der Waals surface area contributed by atoms with Crippen LogP contribution in [-0.2, 0) is 4.79 Å². The van der Waals surface area contributed by atoms with Gasteiger partial charge in [0, 0.05) is 19.3 Å².